The number of hydrogen-bond donors (Lipinski definition) is 1. The van der Waals surface area contributed by atoms with Crippen LogP contribution in [0.3, 0.4) is 0 Å². The fourth-order valence-electron chi connectivity index (χ4n) is 1.60. The summed E-state index contributed by atoms with van der Waals surface area (Å²) in [5.74, 6) is 0. The van der Waals surface area contributed by atoms with Gasteiger partial charge in [-0.2, -0.15) is 0 Å². The second kappa shape index (κ2) is 4.25. The molecule has 1 aromatic carbocycles. The predicted octanol–water partition coefficient (Wildman–Crippen LogP) is 2.58. The molecule has 0 unspecified atom stereocenters. The van der Waals surface area contributed by atoms with Crippen molar-refractivity contribution in [2.45, 2.75) is 19.5 Å². The lowest BCUT2D eigenvalue weighted by atomic mass is 10.1. The summed E-state index contributed by atoms with van der Waals surface area (Å²) in [6, 6.07) is 8.90. The molecule has 0 fully saturated rings. The highest BCUT2D eigenvalue weighted by molar-refractivity contribution is 5.27. The molecule has 0 saturated heterocycles. The van der Waals surface area contributed by atoms with E-state index >= 15 is 0 Å². The average Bonchev–Trinajstić information content (AvgIpc) is 2.69. The molecule has 0 spiro atoms. The summed E-state index contributed by atoms with van der Waals surface area (Å²) in [6.45, 7) is 3.09. The van der Waals surface area contributed by atoms with E-state index in [1.807, 2.05) is 0 Å². The van der Waals surface area contributed by atoms with E-state index in [2.05, 4.69) is 60.8 Å². The van der Waals surface area contributed by atoms with Crippen LogP contribution in [0.25, 0.3) is 0 Å². The highest BCUT2D eigenvalue weighted by Crippen LogP contribution is 2.07. The van der Waals surface area contributed by atoms with Gasteiger partial charge in [0.05, 0.1) is 0 Å². The van der Waals surface area contributed by atoms with Crippen LogP contribution in [0.1, 0.15) is 11.1 Å². The minimum Gasteiger partial charge on any atom is -0.303 e. The third-order valence-corrected chi connectivity index (χ3v) is 2.54. The van der Waals surface area contributed by atoms with Crippen molar-refractivity contribution >= 4 is 0 Å². The van der Waals surface area contributed by atoms with E-state index in [4.69, 9.17) is 0 Å². The van der Waals surface area contributed by atoms with E-state index in [0.29, 0.717) is 6.04 Å². The van der Waals surface area contributed by atoms with Crippen LogP contribution < -0.4 is 5.32 Å². The third kappa shape index (κ3) is 2.12. The highest BCUT2D eigenvalue weighted by Gasteiger charge is 2.03. The topological polar surface area (TPSA) is 12.0 Å². The fraction of sp³-hybridized carbons (Fsp3) is 0.231. The van der Waals surface area contributed by atoms with Crippen LogP contribution in [-0.2, 0) is 6.54 Å². The van der Waals surface area contributed by atoms with Gasteiger partial charge in [-0.15, -0.1) is 0 Å². The van der Waals surface area contributed by atoms with Crippen LogP contribution >= 0.6 is 0 Å². The maximum absolute atomic E-state index is 3.47. The van der Waals surface area contributed by atoms with E-state index in [-0.39, 0.29) is 0 Å². The third-order valence-electron chi connectivity index (χ3n) is 2.54. The molecule has 0 bridgehead atoms. The Morgan fingerprint density at radius 1 is 1.14 bits per heavy atom. The van der Waals surface area contributed by atoms with Gasteiger partial charge in [-0.05, 0) is 18.1 Å². The molecular weight excluding hydrogens is 170 g/mol. The van der Waals surface area contributed by atoms with Crippen LogP contribution in [0.15, 0.2) is 48.6 Å². The summed E-state index contributed by atoms with van der Waals surface area (Å²) >= 11 is 0. The number of allylic oxidation sites excluding steroid dienone is 2. The number of benzene rings is 1. The monoisotopic (exact) mass is 185 g/mol. The van der Waals surface area contributed by atoms with Gasteiger partial charge in [0, 0.05) is 12.6 Å². The first kappa shape index (κ1) is 9.22. The molecule has 0 aliphatic heterocycles. The van der Waals surface area contributed by atoms with Gasteiger partial charge in [0.1, 0.15) is 0 Å². The lowest BCUT2D eigenvalue weighted by molar-refractivity contribution is 0.678. The Kier molecular flexibility index (Phi) is 2.80. The molecule has 0 amide bonds. The molecule has 14 heavy (non-hydrogen) atoms. The Bertz CT molecular complexity index is 351. The number of aryl methyl sites for hydroxylation is 1. The molecule has 1 heteroatoms. The second-order valence-electron chi connectivity index (χ2n) is 3.60. The van der Waals surface area contributed by atoms with E-state index < -0.39 is 0 Å². The van der Waals surface area contributed by atoms with Crippen molar-refractivity contribution in [1.29, 1.82) is 0 Å². The van der Waals surface area contributed by atoms with Crippen molar-refractivity contribution in [3.63, 3.8) is 0 Å². The summed E-state index contributed by atoms with van der Waals surface area (Å²) < 4.78 is 0. The van der Waals surface area contributed by atoms with Crippen LogP contribution in [0.5, 0.6) is 0 Å². The van der Waals surface area contributed by atoms with Crippen molar-refractivity contribution in [3.8, 4) is 0 Å². The van der Waals surface area contributed by atoms with E-state index in [1.165, 1.54) is 11.1 Å². The minimum atomic E-state index is 0.412. The normalized spacial score (nSPS) is 15.2. The van der Waals surface area contributed by atoms with Gasteiger partial charge >= 0.3 is 0 Å². The van der Waals surface area contributed by atoms with Gasteiger partial charge in [-0.3, -0.25) is 0 Å². The summed E-state index contributed by atoms with van der Waals surface area (Å²) in [4.78, 5) is 0. The molecule has 0 aromatic heterocycles. The maximum Gasteiger partial charge on any atom is 0.0444 e. The Morgan fingerprint density at radius 3 is 2.57 bits per heavy atom. The molecule has 1 aliphatic rings. The van der Waals surface area contributed by atoms with Crippen molar-refractivity contribution < 1.29 is 0 Å². The van der Waals surface area contributed by atoms with Crippen LogP contribution in [0.2, 0.25) is 0 Å². The fourth-order valence-corrected chi connectivity index (χ4v) is 1.60. The smallest absolute Gasteiger partial charge is 0.0444 e. The zero-order chi connectivity index (χ0) is 9.80. The van der Waals surface area contributed by atoms with E-state index in [0.717, 1.165) is 6.54 Å². The Hall–Kier alpha value is -1.34. The second-order valence-corrected chi connectivity index (χ2v) is 3.60. The highest BCUT2D eigenvalue weighted by atomic mass is 14.9. The molecule has 1 aliphatic carbocycles. The number of nitrogens with one attached hydrogen (secondary N) is 1. The summed E-state index contributed by atoms with van der Waals surface area (Å²) in [5.41, 5.74) is 2.73. The lowest BCUT2D eigenvalue weighted by Crippen LogP contribution is -2.23. The Balaban J connectivity index is 1.95. The van der Waals surface area contributed by atoms with Gasteiger partial charge in [0.2, 0.25) is 0 Å². The summed E-state index contributed by atoms with van der Waals surface area (Å²) in [5, 5.41) is 3.47. The first-order chi connectivity index (χ1) is 6.86. The van der Waals surface area contributed by atoms with Gasteiger partial charge in [0.25, 0.3) is 0 Å². The SMILES string of the molecule is Cc1ccccc1CNC1C=CC=C1. The van der Waals surface area contributed by atoms with Gasteiger partial charge in [-0.25, -0.2) is 0 Å². The predicted molar refractivity (Wildman–Crippen MR) is 60.1 cm³/mol. The van der Waals surface area contributed by atoms with E-state index in [9.17, 15) is 0 Å². The first-order valence-corrected chi connectivity index (χ1v) is 4.99. The van der Waals surface area contributed by atoms with Crippen molar-refractivity contribution in [2.75, 3.05) is 0 Å². The van der Waals surface area contributed by atoms with Gasteiger partial charge in [-0.1, -0.05) is 48.6 Å². The van der Waals surface area contributed by atoms with Crippen LogP contribution in [0.4, 0.5) is 0 Å². The first-order valence-electron chi connectivity index (χ1n) is 4.99. The van der Waals surface area contributed by atoms with Crippen molar-refractivity contribution in [2.24, 2.45) is 0 Å². The average molecular weight is 185 g/mol. The number of rotatable bonds is 3. The zero-order valence-corrected chi connectivity index (χ0v) is 8.40. The van der Waals surface area contributed by atoms with Gasteiger partial charge < -0.3 is 5.32 Å². The number of hydrogen-bond acceptors (Lipinski definition) is 1. The van der Waals surface area contributed by atoms with Crippen LogP contribution in [-0.4, -0.2) is 6.04 Å². The lowest BCUT2D eigenvalue weighted by Gasteiger charge is -2.10. The van der Waals surface area contributed by atoms with Crippen molar-refractivity contribution in [3.05, 3.63) is 59.7 Å². The quantitative estimate of drug-likeness (QED) is 0.763. The van der Waals surface area contributed by atoms with E-state index in [1.54, 1.807) is 0 Å². The Morgan fingerprint density at radius 2 is 1.86 bits per heavy atom. The van der Waals surface area contributed by atoms with Crippen LogP contribution in [0, 0.1) is 6.92 Å². The standard InChI is InChI=1S/C13H15N/c1-11-6-2-3-7-12(11)10-14-13-8-4-5-9-13/h2-9,13-14H,10H2,1H3. The van der Waals surface area contributed by atoms with Gasteiger partial charge in [0.15, 0.2) is 0 Å². The minimum absolute atomic E-state index is 0.412. The molecule has 0 heterocycles. The maximum atomic E-state index is 3.47. The zero-order valence-electron chi connectivity index (χ0n) is 8.40. The molecule has 1 aromatic rings. The molecule has 0 saturated carbocycles. The largest absolute Gasteiger partial charge is 0.303 e. The molecule has 72 valence electrons. The molecule has 1 N–H and O–H groups in total. The molecule has 0 radical (unpaired) electrons. The molecule has 0 atom stereocenters. The van der Waals surface area contributed by atoms with Crippen molar-refractivity contribution in [1.82, 2.24) is 5.32 Å². The molecular formula is C13H15N. The molecule has 1 nitrogen and oxygen atoms in total. The molecule has 2 rings (SSSR count). The summed E-state index contributed by atoms with van der Waals surface area (Å²) in [6.07, 6.45) is 8.49. The Labute approximate surface area is 85.2 Å². The summed E-state index contributed by atoms with van der Waals surface area (Å²) in [7, 11) is 0.